The van der Waals surface area contributed by atoms with Crippen LogP contribution in [0, 0.1) is 5.92 Å². The van der Waals surface area contributed by atoms with E-state index >= 15 is 0 Å². The van der Waals surface area contributed by atoms with Crippen molar-refractivity contribution >= 4 is 5.97 Å². The van der Waals surface area contributed by atoms with Crippen LogP contribution in [0.25, 0.3) is 0 Å². The average molecular weight is 303 g/mol. The molecule has 0 aromatic carbocycles. The van der Waals surface area contributed by atoms with E-state index in [0.717, 1.165) is 6.42 Å². The van der Waals surface area contributed by atoms with E-state index in [-0.39, 0.29) is 5.97 Å². The summed E-state index contributed by atoms with van der Waals surface area (Å²) < 4.78 is 10.5. The highest BCUT2D eigenvalue weighted by Gasteiger charge is 2.15. The summed E-state index contributed by atoms with van der Waals surface area (Å²) >= 11 is 0. The number of carbonyl (C=O) groups excluding carboxylic acids is 1. The molecule has 0 aliphatic carbocycles. The summed E-state index contributed by atoms with van der Waals surface area (Å²) in [6, 6.07) is -0.410. The lowest BCUT2D eigenvalue weighted by Crippen LogP contribution is -2.41. The molecule has 0 aliphatic heterocycles. The molecule has 0 aromatic heterocycles. The zero-order valence-corrected chi connectivity index (χ0v) is 14.1. The van der Waals surface area contributed by atoms with Crippen LogP contribution in [0.15, 0.2) is 0 Å². The molecule has 0 aliphatic rings. The van der Waals surface area contributed by atoms with Crippen molar-refractivity contribution in [1.82, 2.24) is 5.32 Å². The van der Waals surface area contributed by atoms with E-state index in [2.05, 4.69) is 19.2 Å². The summed E-state index contributed by atoms with van der Waals surface area (Å²) in [6.07, 6.45) is 4.11. The van der Waals surface area contributed by atoms with Crippen molar-refractivity contribution in [2.75, 3.05) is 26.4 Å². The smallest absolute Gasteiger partial charge is 0.322 e. The lowest BCUT2D eigenvalue weighted by atomic mass is 10.0. The third-order valence-corrected chi connectivity index (χ3v) is 3.51. The minimum atomic E-state index is -0.606. The number of rotatable bonds is 13. The second kappa shape index (κ2) is 13.0. The SMILES string of the molecule is CCCCC(CC)COCC(O)CNC(C)C(=O)OCC. The average Bonchev–Trinajstić information content (AvgIpc) is 2.48. The van der Waals surface area contributed by atoms with Gasteiger partial charge in [0.15, 0.2) is 0 Å². The summed E-state index contributed by atoms with van der Waals surface area (Å²) in [5, 5.41) is 12.8. The highest BCUT2D eigenvalue weighted by atomic mass is 16.5. The summed E-state index contributed by atoms with van der Waals surface area (Å²) in [5.41, 5.74) is 0. The first-order chi connectivity index (χ1) is 10.0. The minimum absolute atomic E-state index is 0.295. The lowest BCUT2D eigenvalue weighted by Gasteiger charge is -2.18. The van der Waals surface area contributed by atoms with Gasteiger partial charge in [0.2, 0.25) is 0 Å². The van der Waals surface area contributed by atoms with Crippen molar-refractivity contribution in [3.05, 3.63) is 0 Å². The topological polar surface area (TPSA) is 67.8 Å². The zero-order chi connectivity index (χ0) is 16.1. The van der Waals surface area contributed by atoms with E-state index in [1.54, 1.807) is 13.8 Å². The van der Waals surface area contributed by atoms with Gasteiger partial charge in [-0.3, -0.25) is 4.79 Å². The third kappa shape index (κ3) is 10.7. The number of ether oxygens (including phenoxy) is 2. The van der Waals surface area contributed by atoms with Crippen LogP contribution in [0.1, 0.15) is 53.4 Å². The Balaban J connectivity index is 3.74. The van der Waals surface area contributed by atoms with E-state index in [9.17, 15) is 9.90 Å². The van der Waals surface area contributed by atoms with Crippen molar-refractivity contribution in [2.45, 2.75) is 65.5 Å². The Bertz CT molecular complexity index is 261. The number of esters is 1. The number of hydrogen-bond acceptors (Lipinski definition) is 5. The Morgan fingerprint density at radius 3 is 2.52 bits per heavy atom. The number of aliphatic hydroxyl groups is 1. The van der Waals surface area contributed by atoms with Gasteiger partial charge in [0.25, 0.3) is 0 Å². The zero-order valence-electron chi connectivity index (χ0n) is 14.1. The number of unbranched alkanes of at least 4 members (excludes halogenated alkanes) is 1. The van der Waals surface area contributed by atoms with E-state index in [4.69, 9.17) is 9.47 Å². The second-order valence-corrected chi connectivity index (χ2v) is 5.49. The standard InChI is InChI=1S/C16H33NO4/c1-5-8-9-14(6-2)11-20-12-15(18)10-17-13(4)16(19)21-7-3/h13-15,17-18H,5-12H2,1-4H3. The molecule has 21 heavy (non-hydrogen) atoms. The Morgan fingerprint density at radius 2 is 1.95 bits per heavy atom. The minimum Gasteiger partial charge on any atom is -0.465 e. The molecule has 0 heterocycles. The first-order valence-corrected chi connectivity index (χ1v) is 8.20. The Morgan fingerprint density at radius 1 is 1.24 bits per heavy atom. The van der Waals surface area contributed by atoms with Gasteiger partial charge in [-0.2, -0.15) is 0 Å². The molecule has 0 rings (SSSR count). The molecule has 5 heteroatoms. The van der Waals surface area contributed by atoms with Crippen LogP contribution >= 0.6 is 0 Å². The molecule has 0 saturated heterocycles. The van der Waals surface area contributed by atoms with Crippen LogP contribution in [0.4, 0.5) is 0 Å². The van der Waals surface area contributed by atoms with E-state index in [1.165, 1.54) is 19.3 Å². The van der Waals surface area contributed by atoms with E-state index < -0.39 is 12.1 Å². The van der Waals surface area contributed by atoms with Crippen molar-refractivity contribution in [3.8, 4) is 0 Å². The predicted molar refractivity (Wildman–Crippen MR) is 84.2 cm³/mol. The van der Waals surface area contributed by atoms with Crippen LogP contribution in [-0.2, 0) is 14.3 Å². The van der Waals surface area contributed by atoms with Crippen LogP contribution in [0.3, 0.4) is 0 Å². The fraction of sp³-hybridized carbons (Fsp3) is 0.938. The normalized spacial score (nSPS) is 15.5. The van der Waals surface area contributed by atoms with E-state index in [0.29, 0.717) is 32.3 Å². The van der Waals surface area contributed by atoms with Gasteiger partial charge in [-0.05, 0) is 26.2 Å². The molecule has 0 amide bonds. The molecule has 0 bridgehead atoms. The molecular formula is C16H33NO4. The molecule has 3 unspecified atom stereocenters. The fourth-order valence-electron chi connectivity index (χ4n) is 1.99. The summed E-state index contributed by atoms with van der Waals surface area (Å²) in [6.45, 7) is 9.54. The van der Waals surface area contributed by atoms with Gasteiger partial charge >= 0.3 is 5.97 Å². The molecule has 0 aromatic rings. The van der Waals surface area contributed by atoms with Crippen LogP contribution < -0.4 is 5.32 Å². The van der Waals surface area contributed by atoms with Gasteiger partial charge in [-0.25, -0.2) is 0 Å². The maximum atomic E-state index is 11.4. The maximum absolute atomic E-state index is 11.4. The maximum Gasteiger partial charge on any atom is 0.322 e. The first-order valence-electron chi connectivity index (χ1n) is 8.20. The number of hydrogen-bond donors (Lipinski definition) is 2. The third-order valence-electron chi connectivity index (χ3n) is 3.51. The van der Waals surface area contributed by atoms with Crippen molar-refractivity contribution < 1.29 is 19.4 Å². The quantitative estimate of drug-likeness (QED) is 0.510. The Kier molecular flexibility index (Phi) is 12.6. The van der Waals surface area contributed by atoms with Gasteiger partial charge in [0.05, 0.1) is 19.3 Å². The largest absolute Gasteiger partial charge is 0.465 e. The second-order valence-electron chi connectivity index (χ2n) is 5.49. The van der Waals surface area contributed by atoms with Gasteiger partial charge in [0.1, 0.15) is 6.04 Å². The highest BCUT2D eigenvalue weighted by molar-refractivity contribution is 5.75. The van der Waals surface area contributed by atoms with Gasteiger partial charge in [-0.1, -0.05) is 33.1 Å². The first kappa shape index (κ1) is 20.3. The monoisotopic (exact) mass is 303 g/mol. The molecule has 0 saturated carbocycles. The Hall–Kier alpha value is -0.650. The summed E-state index contributed by atoms with van der Waals surface area (Å²) in [7, 11) is 0. The Labute approximate surface area is 129 Å². The number of aliphatic hydroxyl groups excluding tert-OH is 1. The number of nitrogens with one attached hydrogen (secondary N) is 1. The predicted octanol–water partition coefficient (Wildman–Crippen LogP) is 2.12. The van der Waals surface area contributed by atoms with Gasteiger partial charge in [-0.15, -0.1) is 0 Å². The molecule has 3 atom stereocenters. The van der Waals surface area contributed by atoms with Crippen LogP contribution in [0.2, 0.25) is 0 Å². The van der Waals surface area contributed by atoms with E-state index in [1.807, 2.05) is 0 Å². The van der Waals surface area contributed by atoms with Crippen molar-refractivity contribution in [1.29, 1.82) is 0 Å². The molecule has 5 nitrogen and oxygen atoms in total. The highest BCUT2D eigenvalue weighted by Crippen LogP contribution is 2.12. The van der Waals surface area contributed by atoms with Crippen molar-refractivity contribution in [3.63, 3.8) is 0 Å². The van der Waals surface area contributed by atoms with Gasteiger partial charge in [0, 0.05) is 13.2 Å². The van der Waals surface area contributed by atoms with Gasteiger partial charge < -0.3 is 19.9 Å². The fourth-order valence-corrected chi connectivity index (χ4v) is 1.99. The molecule has 0 fully saturated rings. The number of carbonyl (C=O) groups is 1. The molecule has 126 valence electrons. The molecular weight excluding hydrogens is 270 g/mol. The lowest BCUT2D eigenvalue weighted by molar-refractivity contribution is -0.145. The summed E-state index contributed by atoms with van der Waals surface area (Å²) in [4.78, 5) is 11.4. The molecule has 0 spiro atoms. The molecule has 2 N–H and O–H groups in total. The summed E-state index contributed by atoms with van der Waals surface area (Å²) in [5.74, 6) is 0.278. The van der Waals surface area contributed by atoms with Crippen molar-refractivity contribution in [2.24, 2.45) is 5.92 Å². The molecule has 0 radical (unpaired) electrons. The van der Waals surface area contributed by atoms with Crippen LogP contribution in [0.5, 0.6) is 0 Å². The van der Waals surface area contributed by atoms with Crippen LogP contribution in [-0.4, -0.2) is 49.6 Å².